The summed E-state index contributed by atoms with van der Waals surface area (Å²) in [5, 5.41) is 4.95. The molecule has 0 aliphatic carbocycles. The number of halogens is 1. The van der Waals surface area contributed by atoms with Crippen molar-refractivity contribution in [1.82, 2.24) is 15.6 Å². The number of esters is 1. The Balaban J connectivity index is 2.21. The van der Waals surface area contributed by atoms with Crippen molar-refractivity contribution in [2.75, 3.05) is 7.05 Å². The minimum absolute atomic E-state index is 0.137. The van der Waals surface area contributed by atoms with E-state index < -0.39 is 24.0 Å². The monoisotopic (exact) mass is 335 g/mol. The van der Waals surface area contributed by atoms with Crippen molar-refractivity contribution in [2.24, 2.45) is 0 Å². The number of pyridine rings is 1. The molecule has 7 nitrogen and oxygen atoms in total. The molecule has 0 bridgehead atoms. The normalized spacial score (nSPS) is 11.6. The summed E-state index contributed by atoms with van der Waals surface area (Å²) < 4.78 is 5.09. The van der Waals surface area contributed by atoms with Gasteiger partial charge in [-0.05, 0) is 19.1 Å². The topological polar surface area (TPSA) is 97.4 Å². The third-order valence-electron chi connectivity index (χ3n) is 3.02. The average Bonchev–Trinajstić information content (AvgIpc) is 2.53. The van der Waals surface area contributed by atoms with E-state index in [1.165, 1.54) is 20.0 Å². The fourth-order valence-corrected chi connectivity index (χ4v) is 2.07. The summed E-state index contributed by atoms with van der Waals surface area (Å²) >= 11 is 5.90. The molecular formula is C15H14ClN3O4. The van der Waals surface area contributed by atoms with Crippen LogP contribution in [0.5, 0.6) is 0 Å². The van der Waals surface area contributed by atoms with Gasteiger partial charge in [0.1, 0.15) is 5.15 Å². The molecule has 1 aromatic heterocycles. The van der Waals surface area contributed by atoms with Gasteiger partial charge in [-0.15, -0.1) is 0 Å². The minimum atomic E-state index is -1.15. The average molecular weight is 336 g/mol. The Morgan fingerprint density at radius 1 is 1.26 bits per heavy atom. The van der Waals surface area contributed by atoms with Gasteiger partial charge in [0, 0.05) is 12.4 Å². The van der Waals surface area contributed by atoms with Gasteiger partial charge in [-0.2, -0.15) is 0 Å². The maximum absolute atomic E-state index is 12.3. The van der Waals surface area contributed by atoms with Crippen LogP contribution in [0.3, 0.4) is 0 Å². The Labute approximate surface area is 137 Å². The number of hydrogen-bond donors (Lipinski definition) is 2. The fourth-order valence-electron chi connectivity index (χ4n) is 1.87. The minimum Gasteiger partial charge on any atom is -0.449 e. The van der Waals surface area contributed by atoms with Gasteiger partial charge in [-0.3, -0.25) is 10.1 Å². The van der Waals surface area contributed by atoms with Crippen LogP contribution in [0, 0.1) is 0 Å². The number of hydrogen-bond acceptors (Lipinski definition) is 5. The number of rotatable bonds is 3. The highest BCUT2D eigenvalue weighted by atomic mass is 35.5. The van der Waals surface area contributed by atoms with Crippen molar-refractivity contribution in [3.05, 3.63) is 41.0 Å². The molecule has 0 saturated heterocycles. The molecule has 3 amide bonds. The second kappa shape index (κ2) is 7.06. The van der Waals surface area contributed by atoms with Crippen LogP contribution in [-0.4, -0.2) is 36.0 Å². The molecule has 1 aromatic carbocycles. The predicted molar refractivity (Wildman–Crippen MR) is 84.2 cm³/mol. The van der Waals surface area contributed by atoms with Crippen LogP contribution in [0.15, 0.2) is 30.3 Å². The second-order valence-electron chi connectivity index (χ2n) is 4.63. The summed E-state index contributed by atoms with van der Waals surface area (Å²) in [6, 6.07) is 7.60. The van der Waals surface area contributed by atoms with Crippen LogP contribution >= 0.6 is 11.6 Å². The van der Waals surface area contributed by atoms with E-state index in [1.807, 2.05) is 5.32 Å². The molecule has 2 N–H and O–H groups in total. The summed E-state index contributed by atoms with van der Waals surface area (Å²) in [6.45, 7) is 1.36. The summed E-state index contributed by atoms with van der Waals surface area (Å²) in [6.07, 6.45) is -1.15. The first-order valence-electron chi connectivity index (χ1n) is 6.71. The molecular weight excluding hydrogens is 322 g/mol. The van der Waals surface area contributed by atoms with E-state index in [1.54, 1.807) is 24.3 Å². The van der Waals surface area contributed by atoms with Crippen molar-refractivity contribution in [2.45, 2.75) is 13.0 Å². The Hall–Kier alpha value is -2.67. The number of benzene rings is 1. The number of nitrogens with one attached hydrogen (secondary N) is 2. The predicted octanol–water partition coefficient (Wildman–Crippen LogP) is 1.89. The number of carbonyl (C=O) groups is 3. The molecule has 23 heavy (non-hydrogen) atoms. The third kappa shape index (κ3) is 3.95. The number of ether oxygens (including phenoxy) is 1. The summed E-state index contributed by atoms with van der Waals surface area (Å²) in [5.74, 6) is -1.47. The second-order valence-corrected chi connectivity index (χ2v) is 5.01. The van der Waals surface area contributed by atoms with Crippen LogP contribution in [0.25, 0.3) is 10.9 Å². The molecule has 0 unspecified atom stereocenters. The number of aromatic nitrogens is 1. The number of amides is 3. The van der Waals surface area contributed by atoms with Crippen LogP contribution in [0.2, 0.25) is 5.15 Å². The first-order chi connectivity index (χ1) is 10.9. The fraction of sp³-hybridized carbons (Fsp3) is 0.200. The lowest BCUT2D eigenvalue weighted by Gasteiger charge is -2.13. The van der Waals surface area contributed by atoms with Crippen molar-refractivity contribution in [1.29, 1.82) is 0 Å². The lowest BCUT2D eigenvalue weighted by molar-refractivity contribution is -0.127. The van der Waals surface area contributed by atoms with E-state index in [9.17, 15) is 14.4 Å². The highest BCUT2D eigenvalue weighted by Gasteiger charge is 2.22. The van der Waals surface area contributed by atoms with Gasteiger partial charge < -0.3 is 10.1 Å². The zero-order chi connectivity index (χ0) is 17.0. The van der Waals surface area contributed by atoms with E-state index in [4.69, 9.17) is 16.3 Å². The maximum Gasteiger partial charge on any atom is 0.339 e. The number of carbonyl (C=O) groups excluding carboxylic acids is 3. The Kier molecular flexibility index (Phi) is 5.13. The molecule has 2 rings (SSSR count). The zero-order valence-corrected chi connectivity index (χ0v) is 13.2. The zero-order valence-electron chi connectivity index (χ0n) is 12.4. The standard InChI is InChI=1S/C15H14ClN3O4/c1-8(13(20)19-15(22)17-2)23-14(21)10-7-12(16)18-11-6-4-3-5-9(10)11/h3-8H,1-2H3,(H2,17,19,20,22)/t8-/m0/s1. The van der Waals surface area contributed by atoms with E-state index in [2.05, 4.69) is 10.3 Å². The smallest absolute Gasteiger partial charge is 0.339 e. The largest absolute Gasteiger partial charge is 0.449 e. The quantitative estimate of drug-likeness (QED) is 0.659. The van der Waals surface area contributed by atoms with Gasteiger partial charge in [0.05, 0.1) is 11.1 Å². The van der Waals surface area contributed by atoms with Crippen molar-refractivity contribution >= 4 is 40.4 Å². The van der Waals surface area contributed by atoms with Gasteiger partial charge in [0.2, 0.25) is 0 Å². The molecule has 1 atom stereocenters. The van der Waals surface area contributed by atoms with Crippen molar-refractivity contribution in [3.8, 4) is 0 Å². The highest BCUT2D eigenvalue weighted by Crippen LogP contribution is 2.21. The SMILES string of the molecule is CNC(=O)NC(=O)[C@H](C)OC(=O)c1cc(Cl)nc2ccccc12. The first kappa shape index (κ1) is 16.7. The van der Waals surface area contributed by atoms with Crippen LogP contribution < -0.4 is 10.6 Å². The molecule has 0 fully saturated rings. The van der Waals surface area contributed by atoms with Crippen LogP contribution in [0.4, 0.5) is 4.79 Å². The lowest BCUT2D eigenvalue weighted by Crippen LogP contribution is -2.43. The number of para-hydroxylation sites is 1. The molecule has 8 heteroatoms. The Morgan fingerprint density at radius 3 is 2.65 bits per heavy atom. The Bertz CT molecular complexity index is 778. The Morgan fingerprint density at radius 2 is 1.96 bits per heavy atom. The van der Waals surface area contributed by atoms with Crippen molar-refractivity contribution in [3.63, 3.8) is 0 Å². The number of nitrogens with zero attached hydrogens (tertiary/aromatic N) is 1. The van der Waals surface area contributed by atoms with Gasteiger partial charge >= 0.3 is 12.0 Å². The van der Waals surface area contributed by atoms with Crippen molar-refractivity contribution < 1.29 is 19.1 Å². The number of fused-ring (bicyclic) bond motifs is 1. The highest BCUT2D eigenvalue weighted by molar-refractivity contribution is 6.30. The molecule has 120 valence electrons. The first-order valence-corrected chi connectivity index (χ1v) is 7.09. The summed E-state index contributed by atoms with van der Waals surface area (Å²) in [5.41, 5.74) is 0.731. The molecule has 0 aliphatic rings. The number of urea groups is 1. The van der Waals surface area contributed by atoms with Crippen LogP contribution in [-0.2, 0) is 9.53 Å². The van der Waals surface area contributed by atoms with Crippen LogP contribution in [0.1, 0.15) is 17.3 Å². The van der Waals surface area contributed by atoms with E-state index >= 15 is 0 Å². The number of imide groups is 1. The molecule has 0 saturated carbocycles. The summed E-state index contributed by atoms with van der Waals surface area (Å²) in [4.78, 5) is 39.2. The molecule has 0 aliphatic heterocycles. The molecule has 0 spiro atoms. The molecule has 1 heterocycles. The maximum atomic E-state index is 12.3. The molecule has 0 radical (unpaired) electrons. The van der Waals surface area contributed by atoms with E-state index in [0.717, 1.165) is 0 Å². The van der Waals surface area contributed by atoms with Gasteiger partial charge in [0.25, 0.3) is 5.91 Å². The summed E-state index contributed by atoms with van der Waals surface area (Å²) in [7, 11) is 1.37. The van der Waals surface area contributed by atoms with Gasteiger partial charge in [0.15, 0.2) is 6.10 Å². The molecule has 2 aromatic rings. The van der Waals surface area contributed by atoms with Gasteiger partial charge in [-0.25, -0.2) is 14.6 Å². The van der Waals surface area contributed by atoms with E-state index in [0.29, 0.717) is 10.9 Å². The van der Waals surface area contributed by atoms with Gasteiger partial charge in [-0.1, -0.05) is 29.8 Å². The lowest BCUT2D eigenvalue weighted by atomic mass is 10.1. The third-order valence-corrected chi connectivity index (χ3v) is 3.22. The van der Waals surface area contributed by atoms with E-state index in [-0.39, 0.29) is 10.7 Å².